The maximum absolute atomic E-state index is 14.1. The molecular weight excluding hydrogens is 375 g/mol. The van der Waals surface area contributed by atoms with Crippen molar-refractivity contribution >= 4 is 22.7 Å². The molecule has 1 aliphatic rings. The van der Waals surface area contributed by atoms with E-state index in [-0.39, 0.29) is 22.4 Å². The van der Waals surface area contributed by atoms with Gasteiger partial charge in [-0.3, -0.25) is 4.57 Å². The average molecular weight is 384 g/mol. The van der Waals surface area contributed by atoms with E-state index in [0.717, 1.165) is 36.2 Å². The van der Waals surface area contributed by atoms with Gasteiger partial charge in [-0.25, -0.2) is 18.6 Å². The third-order valence-corrected chi connectivity index (χ3v) is 5.43. The van der Waals surface area contributed by atoms with Crippen LogP contribution >= 0.6 is 11.8 Å². The Kier molecular flexibility index (Phi) is 3.80. The Labute approximate surface area is 147 Å². The van der Waals surface area contributed by atoms with Gasteiger partial charge in [0.2, 0.25) is 0 Å². The van der Waals surface area contributed by atoms with Crippen LogP contribution in [-0.4, -0.2) is 9.55 Å². The Bertz CT molecular complexity index is 1090. The number of aromatic nitrogens is 2. The number of rotatable bonds is 1. The smallest absolute Gasteiger partial charge is 0.289 e. The number of thioether (sulfide) groups is 1. The molecule has 3 aromatic rings. The first-order valence-corrected chi connectivity index (χ1v) is 8.34. The van der Waals surface area contributed by atoms with Gasteiger partial charge in [0.25, 0.3) is 0 Å². The summed E-state index contributed by atoms with van der Waals surface area (Å²) in [6.45, 7) is 0.0226. The summed E-state index contributed by atoms with van der Waals surface area (Å²) in [7, 11) is 0. The Hall–Kier alpha value is -2.42. The molecule has 1 atom stereocenters. The van der Waals surface area contributed by atoms with Gasteiger partial charge in [0.15, 0.2) is 0 Å². The summed E-state index contributed by atoms with van der Waals surface area (Å²) in [6, 6.07) is 4.89. The Morgan fingerprint density at radius 2 is 1.92 bits per heavy atom. The van der Waals surface area contributed by atoms with E-state index in [0.29, 0.717) is 11.6 Å². The van der Waals surface area contributed by atoms with Gasteiger partial charge in [0.05, 0.1) is 16.3 Å². The average Bonchev–Trinajstić information content (AvgIpc) is 2.56. The molecule has 26 heavy (non-hydrogen) atoms. The second-order valence-electron chi connectivity index (χ2n) is 5.83. The minimum absolute atomic E-state index is 0.0226. The van der Waals surface area contributed by atoms with E-state index in [9.17, 15) is 26.7 Å². The molecule has 2 heterocycles. The molecule has 1 aliphatic heterocycles. The number of hydrogen-bond donors (Lipinski definition) is 0. The first kappa shape index (κ1) is 17.0. The van der Waals surface area contributed by atoms with Crippen LogP contribution in [0.25, 0.3) is 10.9 Å². The van der Waals surface area contributed by atoms with Gasteiger partial charge in [0.1, 0.15) is 11.6 Å². The van der Waals surface area contributed by atoms with Crippen molar-refractivity contribution in [2.75, 3.05) is 0 Å². The molecule has 0 saturated carbocycles. The standard InChI is InChI=1S/C17H9F5N2OS/c18-10-1-2-11(12(19)5-10)14-7-24-15-8(6-23-16(24)25)3-9(17(20,21)22)4-13(15)26-14/h1-6,14H,7H2. The van der Waals surface area contributed by atoms with Crippen LogP contribution in [0.5, 0.6) is 0 Å². The van der Waals surface area contributed by atoms with Crippen LogP contribution in [0.4, 0.5) is 22.0 Å². The summed E-state index contributed by atoms with van der Waals surface area (Å²) in [6.07, 6.45) is -3.47. The molecule has 0 saturated heterocycles. The van der Waals surface area contributed by atoms with Crippen molar-refractivity contribution in [2.24, 2.45) is 0 Å². The van der Waals surface area contributed by atoms with Crippen molar-refractivity contribution in [3.8, 4) is 0 Å². The van der Waals surface area contributed by atoms with Crippen molar-refractivity contribution in [3.63, 3.8) is 0 Å². The summed E-state index contributed by atoms with van der Waals surface area (Å²) in [5, 5.41) is -0.503. The first-order valence-electron chi connectivity index (χ1n) is 7.46. The third kappa shape index (κ3) is 2.76. The normalized spacial score (nSPS) is 16.9. The lowest BCUT2D eigenvalue weighted by Gasteiger charge is -2.27. The summed E-state index contributed by atoms with van der Waals surface area (Å²) in [4.78, 5) is 15.9. The quantitative estimate of drug-likeness (QED) is 0.578. The van der Waals surface area contributed by atoms with Gasteiger partial charge >= 0.3 is 11.9 Å². The predicted octanol–water partition coefficient (Wildman–Crippen LogP) is 4.54. The summed E-state index contributed by atoms with van der Waals surface area (Å²) < 4.78 is 68.0. The van der Waals surface area contributed by atoms with Crippen LogP contribution in [0.1, 0.15) is 16.4 Å². The zero-order valence-electron chi connectivity index (χ0n) is 12.8. The van der Waals surface area contributed by atoms with Crippen molar-refractivity contribution in [1.29, 1.82) is 0 Å². The maximum atomic E-state index is 14.1. The van der Waals surface area contributed by atoms with Crippen LogP contribution in [0.2, 0.25) is 0 Å². The summed E-state index contributed by atoms with van der Waals surface area (Å²) >= 11 is 1.01. The lowest BCUT2D eigenvalue weighted by atomic mass is 10.1. The molecule has 0 aliphatic carbocycles. The van der Waals surface area contributed by atoms with E-state index in [1.807, 2.05) is 0 Å². The van der Waals surface area contributed by atoms with Gasteiger partial charge in [-0.1, -0.05) is 6.07 Å². The molecular formula is C17H9F5N2OS. The minimum Gasteiger partial charge on any atom is -0.289 e. The van der Waals surface area contributed by atoms with Crippen molar-refractivity contribution in [1.82, 2.24) is 9.55 Å². The van der Waals surface area contributed by atoms with Crippen LogP contribution in [0.15, 0.2) is 46.2 Å². The molecule has 2 aromatic carbocycles. The molecule has 0 fully saturated rings. The van der Waals surface area contributed by atoms with Gasteiger partial charge in [-0.05, 0) is 18.2 Å². The third-order valence-electron chi connectivity index (χ3n) is 4.17. The molecule has 1 aromatic heterocycles. The molecule has 0 radical (unpaired) electrons. The monoisotopic (exact) mass is 384 g/mol. The predicted molar refractivity (Wildman–Crippen MR) is 86.0 cm³/mol. The van der Waals surface area contributed by atoms with Crippen LogP contribution in [0.3, 0.4) is 0 Å². The fourth-order valence-corrected chi connectivity index (χ4v) is 4.39. The number of halogens is 5. The molecule has 0 bridgehead atoms. The molecule has 0 spiro atoms. The lowest BCUT2D eigenvalue weighted by Crippen LogP contribution is -2.28. The van der Waals surface area contributed by atoms with Crippen LogP contribution in [-0.2, 0) is 12.7 Å². The van der Waals surface area contributed by atoms with E-state index in [1.54, 1.807) is 0 Å². The molecule has 0 amide bonds. The second kappa shape index (κ2) is 5.80. The molecule has 134 valence electrons. The number of hydrogen-bond acceptors (Lipinski definition) is 3. The summed E-state index contributed by atoms with van der Waals surface area (Å²) in [5.74, 6) is -1.57. The zero-order valence-corrected chi connectivity index (χ0v) is 13.7. The highest BCUT2D eigenvalue weighted by Crippen LogP contribution is 2.46. The maximum Gasteiger partial charge on any atom is 0.416 e. The van der Waals surface area contributed by atoms with Gasteiger partial charge in [0, 0.05) is 34.7 Å². The highest BCUT2D eigenvalue weighted by molar-refractivity contribution is 7.99. The van der Waals surface area contributed by atoms with Crippen molar-refractivity contribution < 1.29 is 22.0 Å². The Morgan fingerprint density at radius 1 is 1.15 bits per heavy atom. The topological polar surface area (TPSA) is 34.9 Å². The van der Waals surface area contributed by atoms with E-state index in [1.165, 1.54) is 10.6 Å². The summed E-state index contributed by atoms with van der Waals surface area (Å²) in [5.41, 5.74) is -1.06. The number of alkyl halides is 3. The zero-order chi connectivity index (χ0) is 18.6. The van der Waals surface area contributed by atoms with E-state index >= 15 is 0 Å². The van der Waals surface area contributed by atoms with Gasteiger partial charge in [-0.15, -0.1) is 11.8 Å². The van der Waals surface area contributed by atoms with E-state index < -0.39 is 34.3 Å². The largest absolute Gasteiger partial charge is 0.416 e. The van der Waals surface area contributed by atoms with Gasteiger partial charge in [-0.2, -0.15) is 13.2 Å². The van der Waals surface area contributed by atoms with Gasteiger partial charge < -0.3 is 0 Å². The lowest BCUT2D eigenvalue weighted by molar-refractivity contribution is -0.137. The SMILES string of the molecule is O=c1ncc2cc(C(F)(F)F)cc3c2n1CC(c1ccc(F)cc1F)S3. The number of nitrogens with zero attached hydrogens (tertiary/aromatic N) is 2. The second-order valence-corrected chi connectivity index (χ2v) is 7.08. The van der Waals surface area contributed by atoms with Crippen LogP contribution < -0.4 is 5.69 Å². The Balaban J connectivity index is 1.92. The van der Waals surface area contributed by atoms with Crippen molar-refractivity contribution in [2.45, 2.75) is 22.9 Å². The van der Waals surface area contributed by atoms with Crippen molar-refractivity contribution in [3.05, 3.63) is 69.8 Å². The molecule has 1 unspecified atom stereocenters. The molecule has 3 nitrogen and oxygen atoms in total. The fraction of sp³-hybridized carbons (Fsp3) is 0.176. The minimum atomic E-state index is -4.57. The van der Waals surface area contributed by atoms with E-state index in [2.05, 4.69) is 4.98 Å². The number of benzene rings is 2. The fourth-order valence-electron chi connectivity index (χ4n) is 3.01. The van der Waals surface area contributed by atoms with Crippen LogP contribution in [0, 0.1) is 11.6 Å². The molecule has 0 N–H and O–H groups in total. The highest BCUT2D eigenvalue weighted by Gasteiger charge is 2.34. The first-order chi connectivity index (χ1) is 12.2. The molecule has 4 rings (SSSR count). The molecule has 9 heteroatoms. The highest BCUT2D eigenvalue weighted by atomic mass is 32.2. The Morgan fingerprint density at radius 3 is 2.62 bits per heavy atom. The van der Waals surface area contributed by atoms with E-state index in [4.69, 9.17) is 0 Å².